The van der Waals surface area contributed by atoms with E-state index in [1.54, 1.807) is 13.2 Å². The van der Waals surface area contributed by atoms with E-state index in [-0.39, 0.29) is 30.5 Å². The summed E-state index contributed by atoms with van der Waals surface area (Å²) in [5.74, 6) is 1.04. The first-order chi connectivity index (χ1) is 11.2. The van der Waals surface area contributed by atoms with Crippen LogP contribution >= 0.6 is 24.0 Å². The van der Waals surface area contributed by atoms with E-state index in [1.165, 1.54) is 5.56 Å². The number of benzene rings is 2. The van der Waals surface area contributed by atoms with Crippen LogP contribution in [0.2, 0.25) is 0 Å². The van der Waals surface area contributed by atoms with Gasteiger partial charge in [-0.3, -0.25) is 4.99 Å². The number of nitrogens with zero attached hydrogens (tertiary/aromatic N) is 1. The summed E-state index contributed by atoms with van der Waals surface area (Å²) >= 11 is 0. The highest BCUT2D eigenvalue weighted by Gasteiger charge is 2.07. The van der Waals surface area contributed by atoms with Crippen LogP contribution in [0.4, 0.5) is 0 Å². The Morgan fingerprint density at radius 3 is 2.67 bits per heavy atom. The van der Waals surface area contributed by atoms with E-state index in [9.17, 15) is 5.11 Å². The second kappa shape index (κ2) is 10.9. The van der Waals surface area contributed by atoms with Gasteiger partial charge in [0, 0.05) is 6.54 Å². The molecule has 0 fully saturated rings. The van der Waals surface area contributed by atoms with Crippen LogP contribution in [0.3, 0.4) is 0 Å². The van der Waals surface area contributed by atoms with E-state index in [1.807, 2.05) is 36.4 Å². The van der Waals surface area contributed by atoms with E-state index in [4.69, 9.17) is 10.5 Å². The maximum atomic E-state index is 10.1. The Labute approximate surface area is 160 Å². The van der Waals surface area contributed by atoms with E-state index >= 15 is 0 Å². The molecular formula is C18H24IN3O2. The zero-order valence-corrected chi connectivity index (χ0v) is 16.0. The Balaban J connectivity index is 0.00000288. The van der Waals surface area contributed by atoms with Crippen LogP contribution in [0.15, 0.2) is 59.6 Å². The number of aliphatic hydroxyl groups is 1. The molecule has 0 amide bonds. The molecular weight excluding hydrogens is 417 g/mol. The summed E-state index contributed by atoms with van der Waals surface area (Å²) < 4.78 is 5.14. The first-order valence-electron chi connectivity index (χ1n) is 7.59. The van der Waals surface area contributed by atoms with Crippen molar-refractivity contribution in [1.29, 1.82) is 0 Å². The van der Waals surface area contributed by atoms with Gasteiger partial charge in [0.2, 0.25) is 0 Å². The molecule has 0 radical (unpaired) electrons. The van der Waals surface area contributed by atoms with Gasteiger partial charge >= 0.3 is 0 Å². The first kappa shape index (κ1) is 20.2. The van der Waals surface area contributed by atoms with Crippen LogP contribution < -0.4 is 15.8 Å². The molecule has 5 nitrogen and oxygen atoms in total. The third kappa shape index (κ3) is 6.76. The van der Waals surface area contributed by atoms with Crippen molar-refractivity contribution in [2.75, 3.05) is 20.2 Å². The Hall–Kier alpha value is -1.80. The molecule has 0 heterocycles. The normalized spacial score (nSPS) is 12.2. The molecule has 0 saturated carbocycles. The number of rotatable bonds is 7. The van der Waals surface area contributed by atoms with E-state index in [2.05, 4.69) is 22.4 Å². The average Bonchev–Trinajstić information content (AvgIpc) is 2.60. The van der Waals surface area contributed by atoms with Crippen LogP contribution in [0.1, 0.15) is 17.2 Å². The molecule has 0 aromatic heterocycles. The van der Waals surface area contributed by atoms with Crippen molar-refractivity contribution < 1.29 is 9.84 Å². The topological polar surface area (TPSA) is 79.9 Å². The maximum absolute atomic E-state index is 10.1. The number of nitrogens with two attached hydrogens (primary N) is 1. The predicted octanol–water partition coefficient (Wildman–Crippen LogP) is 2.49. The molecule has 24 heavy (non-hydrogen) atoms. The molecule has 0 aliphatic carbocycles. The van der Waals surface area contributed by atoms with Gasteiger partial charge in [0.05, 0.1) is 19.8 Å². The Kier molecular flexibility index (Phi) is 9.18. The number of ether oxygens (including phenoxy) is 1. The number of guanidine groups is 1. The molecule has 2 rings (SSSR count). The van der Waals surface area contributed by atoms with Gasteiger partial charge in [-0.1, -0.05) is 42.5 Å². The number of nitrogens with one attached hydrogen (secondary N) is 1. The highest BCUT2D eigenvalue weighted by Crippen LogP contribution is 2.19. The summed E-state index contributed by atoms with van der Waals surface area (Å²) in [5, 5.41) is 13.2. The Bertz CT molecular complexity index is 635. The van der Waals surface area contributed by atoms with Gasteiger partial charge in [-0.15, -0.1) is 24.0 Å². The van der Waals surface area contributed by atoms with E-state index in [0.717, 1.165) is 12.0 Å². The summed E-state index contributed by atoms with van der Waals surface area (Å²) in [6.07, 6.45) is 0.162. The number of halogens is 1. The third-order valence-corrected chi connectivity index (χ3v) is 3.48. The number of hydrogen-bond acceptors (Lipinski definition) is 3. The molecule has 0 aliphatic rings. The molecule has 1 atom stereocenters. The lowest BCUT2D eigenvalue weighted by atomic mass is 10.1. The number of aliphatic imine (C=N–C) groups is 1. The lowest BCUT2D eigenvalue weighted by molar-refractivity contribution is 0.186. The lowest BCUT2D eigenvalue weighted by Crippen LogP contribution is -2.33. The minimum atomic E-state index is -0.709. The second-order valence-corrected chi connectivity index (χ2v) is 5.18. The zero-order chi connectivity index (χ0) is 16.5. The second-order valence-electron chi connectivity index (χ2n) is 5.18. The van der Waals surface area contributed by atoms with Crippen molar-refractivity contribution >= 4 is 29.9 Å². The van der Waals surface area contributed by atoms with E-state index in [0.29, 0.717) is 18.3 Å². The summed E-state index contributed by atoms with van der Waals surface area (Å²) in [4.78, 5) is 4.18. The monoisotopic (exact) mass is 441 g/mol. The lowest BCUT2D eigenvalue weighted by Gasteiger charge is -2.11. The molecule has 6 heteroatoms. The number of aliphatic hydroxyl groups excluding tert-OH is 1. The standard InChI is InChI=1S/C18H23N3O2.HI/c1-23-16-9-5-8-15(12-16)17(22)13-21-18(19)20-11-10-14-6-3-2-4-7-14;/h2-9,12,17,22H,10-11,13H2,1H3,(H3,19,20,21);1H. The minimum absolute atomic E-state index is 0. The fraction of sp³-hybridized carbons (Fsp3) is 0.278. The first-order valence-corrected chi connectivity index (χ1v) is 7.59. The van der Waals surface area contributed by atoms with Crippen molar-refractivity contribution in [1.82, 2.24) is 5.32 Å². The van der Waals surface area contributed by atoms with Crippen LogP contribution in [0, 0.1) is 0 Å². The number of methoxy groups -OCH3 is 1. The van der Waals surface area contributed by atoms with Crippen molar-refractivity contribution in [2.24, 2.45) is 10.7 Å². The minimum Gasteiger partial charge on any atom is -0.497 e. The van der Waals surface area contributed by atoms with Crippen molar-refractivity contribution in [3.05, 3.63) is 65.7 Å². The summed E-state index contributed by atoms with van der Waals surface area (Å²) in [5.41, 5.74) is 7.82. The van der Waals surface area contributed by atoms with Crippen LogP contribution in [-0.4, -0.2) is 31.3 Å². The molecule has 0 saturated heterocycles. The van der Waals surface area contributed by atoms with Crippen molar-refractivity contribution in [3.63, 3.8) is 0 Å². The number of hydrogen-bond donors (Lipinski definition) is 3. The molecule has 0 spiro atoms. The van der Waals surface area contributed by atoms with Gasteiger partial charge in [0.25, 0.3) is 0 Å². The predicted molar refractivity (Wildman–Crippen MR) is 108 cm³/mol. The molecule has 2 aromatic carbocycles. The molecule has 1 unspecified atom stereocenters. The maximum Gasteiger partial charge on any atom is 0.188 e. The quantitative estimate of drug-likeness (QED) is 0.351. The smallest absolute Gasteiger partial charge is 0.188 e. The van der Waals surface area contributed by atoms with Gasteiger partial charge < -0.3 is 20.9 Å². The summed E-state index contributed by atoms with van der Waals surface area (Å²) in [7, 11) is 1.60. The van der Waals surface area contributed by atoms with Gasteiger partial charge in [0.15, 0.2) is 5.96 Å². The van der Waals surface area contributed by atoms with Crippen molar-refractivity contribution in [2.45, 2.75) is 12.5 Å². The zero-order valence-electron chi connectivity index (χ0n) is 13.7. The van der Waals surface area contributed by atoms with Crippen LogP contribution in [0.5, 0.6) is 5.75 Å². The van der Waals surface area contributed by atoms with Crippen LogP contribution in [0.25, 0.3) is 0 Å². The summed E-state index contributed by atoms with van der Waals surface area (Å²) in [6, 6.07) is 17.5. The molecule has 130 valence electrons. The van der Waals surface area contributed by atoms with Gasteiger partial charge in [0.1, 0.15) is 5.75 Å². The molecule has 2 aromatic rings. The molecule has 0 bridgehead atoms. The van der Waals surface area contributed by atoms with E-state index < -0.39 is 6.10 Å². The highest BCUT2D eigenvalue weighted by atomic mass is 127. The van der Waals surface area contributed by atoms with Gasteiger partial charge in [-0.2, -0.15) is 0 Å². The fourth-order valence-electron chi connectivity index (χ4n) is 2.17. The Morgan fingerprint density at radius 1 is 1.21 bits per heavy atom. The third-order valence-electron chi connectivity index (χ3n) is 3.48. The molecule has 4 N–H and O–H groups in total. The average molecular weight is 441 g/mol. The highest BCUT2D eigenvalue weighted by molar-refractivity contribution is 14.0. The largest absolute Gasteiger partial charge is 0.497 e. The SMILES string of the molecule is COc1cccc(C(O)CN=C(N)NCCc2ccccc2)c1.I. The van der Waals surface area contributed by atoms with Gasteiger partial charge in [-0.25, -0.2) is 0 Å². The van der Waals surface area contributed by atoms with Gasteiger partial charge in [-0.05, 0) is 29.7 Å². The van der Waals surface area contributed by atoms with Crippen LogP contribution in [-0.2, 0) is 6.42 Å². The molecule has 0 aliphatic heterocycles. The fourth-order valence-corrected chi connectivity index (χ4v) is 2.17. The Morgan fingerprint density at radius 2 is 1.96 bits per heavy atom. The van der Waals surface area contributed by atoms with Crippen molar-refractivity contribution in [3.8, 4) is 5.75 Å². The summed E-state index contributed by atoms with van der Waals surface area (Å²) in [6.45, 7) is 0.909.